The van der Waals surface area contributed by atoms with Crippen molar-refractivity contribution >= 4 is 69.5 Å². The van der Waals surface area contributed by atoms with Gasteiger partial charge in [-0.1, -0.05) is 19.6 Å². The van der Waals surface area contributed by atoms with Crippen LogP contribution in [0.3, 0.4) is 0 Å². The van der Waals surface area contributed by atoms with E-state index in [2.05, 4.69) is 36.0 Å². The Morgan fingerprint density at radius 3 is 1.39 bits per heavy atom. The van der Waals surface area contributed by atoms with Crippen LogP contribution in [0, 0.1) is 13.8 Å². The van der Waals surface area contributed by atoms with Gasteiger partial charge in [0.15, 0.2) is 11.6 Å². The van der Waals surface area contributed by atoms with Gasteiger partial charge in [0.05, 0.1) is 30.5 Å². The molecule has 6 aromatic rings. The molecule has 24 heteroatoms. The van der Waals surface area contributed by atoms with Gasteiger partial charge in [-0.05, 0) is 49.2 Å². The number of alkyl halides is 2. The number of nitrogens with two attached hydrogens (primary N) is 1. The van der Waals surface area contributed by atoms with Gasteiger partial charge in [0, 0.05) is 91.9 Å². The number of halogens is 3. The summed E-state index contributed by atoms with van der Waals surface area (Å²) >= 11 is 0. The maximum atomic E-state index is 14.0. The molecule has 21 nitrogen and oxygen atoms in total. The number of aliphatic carboxylic acids is 1. The van der Waals surface area contributed by atoms with Crippen molar-refractivity contribution in [3.63, 3.8) is 0 Å². The number of ketones is 2. The summed E-state index contributed by atoms with van der Waals surface area (Å²) < 4.78 is 30.7. The zero-order valence-corrected chi connectivity index (χ0v) is 38.1. The number of carbonyl (C=O) groups is 6. The number of carboxylic acids is 1. The van der Waals surface area contributed by atoms with Crippen molar-refractivity contribution in [3.8, 4) is 22.3 Å². The van der Waals surface area contributed by atoms with Crippen LogP contribution in [-0.2, 0) is 32.3 Å². The minimum atomic E-state index is -1.26. The van der Waals surface area contributed by atoms with Gasteiger partial charge in [0.25, 0.3) is 0 Å². The average Bonchev–Trinajstić information content (AvgIpc) is 4.07. The highest BCUT2D eigenvalue weighted by molar-refractivity contribution is 6.07. The Hall–Kier alpha value is -7.21. The molecule has 69 heavy (non-hydrogen) atoms. The van der Waals surface area contributed by atoms with Crippen molar-refractivity contribution in [1.29, 1.82) is 0 Å². The normalized spacial score (nSPS) is 17.2. The fourth-order valence-corrected chi connectivity index (χ4v) is 8.18. The number of carbonyl (C=O) groups excluding carboxylic acids is 5. The zero-order valence-electron chi connectivity index (χ0n) is 37.2. The second-order valence-corrected chi connectivity index (χ2v) is 16.0. The van der Waals surface area contributed by atoms with Crippen LogP contribution >= 0.6 is 12.4 Å². The third-order valence-electron chi connectivity index (χ3n) is 11.3. The Labute approximate surface area is 400 Å². The van der Waals surface area contributed by atoms with E-state index in [9.17, 15) is 37.5 Å². The molecule has 0 bridgehead atoms. The second-order valence-electron chi connectivity index (χ2n) is 16.0. The Kier molecular flexibility index (Phi) is 18.7. The van der Waals surface area contributed by atoms with E-state index in [0.717, 1.165) is 22.3 Å². The predicted octanol–water partition coefficient (Wildman–Crippen LogP) is 4.65. The summed E-state index contributed by atoms with van der Waals surface area (Å²) in [4.78, 5) is 92.3. The van der Waals surface area contributed by atoms with Gasteiger partial charge >= 0.3 is 5.97 Å². The van der Waals surface area contributed by atoms with Crippen LogP contribution in [-0.4, -0.2) is 138 Å². The molecular weight excluding hydrogens is 926 g/mol. The third-order valence-corrected chi connectivity index (χ3v) is 11.3. The summed E-state index contributed by atoms with van der Waals surface area (Å²) in [7, 11) is 0. The maximum Gasteiger partial charge on any atom is 0.305 e. The number of hydroxylamine groups is 1. The molecule has 0 saturated carbocycles. The number of carboxylic acid groups (broad SMARTS) is 1. The molecule has 2 aliphatic heterocycles. The summed E-state index contributed by atoms with van der Waals surface area (Å²) in [6.45, 7) is 5.63. The first-order valence-electron chi connectivity index (χ1n) is 20.9. The molecule has 2 fully saturated rings. The van der Waals surface area contributed by atoms with E-state index in [4.69, 9.17) is 15.5 Å². The average molecular weight is 979 g/mol. The number of benzene rings is 2. The fourth-order valence-electron chi connectivity index (χ4n) is 8.18. The van der Waals surface area contributed by atoms with E-state index >= 15 is 0 Å². The zero-order chi connectivity index (χ0) is 48.7. The number of rotatable bonds is 12. The lowest BCUT2D eigenvalue weighted by atomic mass is 10.0. The molecule has 0 aliphatic carbocycles. The van der Waals surface area contributed by atoms with Gasteiger partial charge < -0.3 is 20.1 Å². The molecular formula is C45H53ClF2N12O9. The number of nitrogens with zero attached hydrogens (tertiary/aromatic N) is 10. The number of aromatic nitrogens is 8. The molecule has 0 unspecified atom stereocenters. The first kappa shape index (κ1) is 54.4. The van der Waals surface area contributed by atoms with E-state index in [1.165, 1.54) is 38.5 Å². The van der Waals surface area contributed by atoms with Crippen molar-refractivity contribution in [3.05, 3.63) is 84.2 Å². The van der Waals surface area contributed by atoms with E-state index < -0.39 is 48.1 Å². The van der Waals surface area contributed by atoms with E-state index in [1.807, 2.05) is 12.1 Å². The van der Waals surface area contributed by atoms with Crippen molar-refractivity contribution in [2.75, 3.05) is 13.1 Å². The van der Waals surface area contributed by atoms with Crippen molar-refractivity contribution in [1.82, 2.24) is 54.8 Å². The van der Waals surface area contributed by atoms with E-state index in [-0.39, 0.29) is 94.7 Å². The SMILES string of the molecule is C.CC(=O)c1nn(CC(=O)N2C[C@H](F)C[C@H]2CC(=O)NO)c2ccc(-c3cnc(C)nc3)cc12.CC(=O)c1nn(CC(=O)N2C[C@H](F)C[C@H]2CC(=O)O)c2ccc(-c3cnc(C)nc3)cc12.Cl.NO. The molecule has 2 saturated heterocycles. The fraction of sp³-hybridized carbons (Fsp3) is 0.378. The van der Waals surface area contributed by atoms with E-state index in [0.29, 0.717) is 33.5 Å². The first-order chi connectivity index (χ1) is 32.0. The summed E-state index contributed by atoms with van der Waals surface area (Å²) in [5, 5.41) is 34.2. The molecule has 2 aromatic carbocycles. The van der Waals surface area contributed by atoms with Gasteiger partial charge in [-0.3, -0.25) is 43.3 Å². The second kappa shape index (κ2) is 23.7. The molecule has 0 spiro atoms. The van der Waals surface area contributed by atoms with Crippen molar-refractivity contribution < 1.29 is 53.1 Å². The summed E-state index contributed by atoms with van der Waals surface area (Å²) in [6.07, 6.45) is 3.73. The molecule has 4 atom stereocenters. The highest BCUT2D eigenvalue weighted by Gasteiger charge is 2.38. The van der Waals surface area contributed by atoms with Crippen LogP contribution in [0.5, 0.6) is 0 Å². The highest BCUT2D eigenvalue weighted by atomic mass is 35.5. The largest absolute Gasteiger partial charge is 0.481 e. The van der Waals surface area contributed by atoms with Crippen molar-refractivity contribution in [2.45, 2.75) is 98.3 Å². The number of amides is 3. The number of likely N-dealkylation sites (tertiary alicyclic amines) is 2. The molecule has 3 amide bonds. The number of hydrogen-bond acceptors (Lipinski definition) is 15. The number of nitrogens with one attached hydrogen (secondary N) is 1. The predicted molar refractivity (Wildman–Crippen MR) is 248 cm³/mol. The number of fused-ring (bicyclic) bond motifs is 2. The van der Waals surface area contributed by atoms with Gasteiger partial charge in [0.2, 0.25) is 17.7 Å². The van der Waals surface area contributed by atoms with Gasteiger partial charge in [0.1, 0.15) is 48.5 Å². The highest BCUT2D eigenvalue weighted by Crippen LogP contribution is 2.30. The van der Waals surface area contributed by atoms with Crippen LogP contribution in [0.4, 0.5) is 8.78 Å². The molecule has 2 aliphatic rings. The lowest BCUT2D eigenvalue weighted by molar-refractivity contribution is -0.140. The molecule has 6 heterocycles. The maximum absolute atomic E-state index is 14.0. The number of Topliss-reactive ketones (excluding diaryl/α,β-unsaturated/α-hetero) is 2. The van der Waals surface area contributed by atoms with Crippen LogP contribution in [0.1, 0.15) is 79.6 Å². The molecule has 0 radical (unpaired) electrons. The van der Waals surface area contributed by atoms with Gasteiger partial charge in [-0.25, -0.2) is 40.1 Å². The van der Waals surface area contributed by atoms with Gasteiger partial charge in [-0.2, -0.15) is 10.2 Å². The summed E-state index contributed by atoms with van der Waals surface area (Å²) in [5.41, 5.74) is 6.24. The Morgan fingerprint density at radius 2 is 1.04 bits per heavy atom. The molecule has 8 rings (SSSR count). The van der Waals surface area contributed by atoms with Crippen LogP contribution in [0.2, 0.25) is 0 Å². The Morgan fingerprint density at radius 1 is 0.667 bits per heavy atom. The lowest BCUT2D eigenvalue weighted by Crippen LogP contribution is -2.40. The smallest absolute Gasteiger partial charge is 0.305 e. The molecule has 368 valence electrons. The van der Waals surface area contributed by atoms with Crippen LogP contribution in [0.25, 0.3) is 44.1 Å². The standard InChI is InChI=1S/C22H23FN6O4.C22H22FN5O4.CH4.ClH.H3NO/c1-12(30)22-18-5-14(15-8-24-13(2)25-9-15)3-4-19(18)29(26-22)11-21(32)28-10-16(23)6-17(28)7-20(31)27-33;1-12(29)22-18-5-14(15-8-24-13(2)25-9-15)3-4-19(18)28(26-22)11-20(30)27-10-16(23)6-17(27)7-21(31)32;;;1-2/h3-5,8-9,16-17,33H,6-7,10-11H2,1-2H3,(H,27,31);3-5,8-9,16-17H,6-7,10-11H2,1-2H3,(H,31,32);1H4;1H;2H,1H2/t2*16-,17+;;;/m11.../s1. The molecule has 4 aromatic heterocycles. The summed E-state index contributed by atoms with van der Waals surface area (Å²) in [6, 6.07) is 9.40. The third kappa shape index (κ3) is 12.7. The minimum Gasteiger partial charge on any atom is -0.481 e. The quantitative estimate of drug-likeness (QED) is 0.0633. The molecule has 6 N–H and O–H groups in total. The lowest BCUT2D eigenvalue weighted by Gasteiger charge is -2.23. The monoisotopic (exact) mass is 978 g/mol. The van der Waals surface area contributed by atoms with E-state index in [1.54, 1.807) is 62.9 Å². The van der Waals surface area contributed by atoms with Crippen LogP contribution < -0.4 is 11.4 Å². The topological polar surface area (TPSA) is 295 Å². The Balaban J connectivity index is 0.000000282. The summed E-state index contributed by atoms with van der Waals surface area (Å²) in [5.74, 6) is 1.62. The minimum absolute atomic E-state index is 0. The van der Waals surface area contributed by atoms with Gasteiger partial charge in [-0.15, -0.1) is 12.4 Å². The number of aryl methyl sites for hydroxylation is 2. The Bertz CT molecular complexity index is 2830. The number of hydrogen-bond donors (Lipinski definition) is 5. The van der Waals surface area contributed by atoms with Crippen molar-refractivity contribution in [2.24, 2.45) is 5.90 Å². The van der Waals surface area contributed by atoms with Crippen LogP contribution in [0.15, 0.2) is 61.2 Å². The first-order valence-corrected chi connectivity index (χ1v) is 20.9.